The lowest BCUT2D eigenvalue weighted by molar-refractivity contribution is -0.121. The van der Waals surface area contributed by atoms with Crippen LogP contribution in [0.1, 0.15) is 25.3 Å². The first kappa shape index (κ1) is 12.9. The summed E-state index contributed by atoms with van der Waals surface area (Å²) in [5.74, 6) is 2.22. The normalized spacial score (nSPS) is 30.0. The molecule has 3 aliphatic rings. The second kappa shape index (κ2) is 5.19. The van der Waals surface area contributed by atoms with Crippen molar-refractivity contribution in [2.45, 2.75) is 32.7 Å². The van der Waals surface area contributed by atoms with Crippen molar-refractivity contribution in [1.29, 1.82) is 0 Å². The first-order valence-corrected chi connectivity index (χ1v) is 7.74. The molecule has 0 saturated carbocycles. The van der Waals surface area contributed by atoms with Gasteiger partial charge < -0.3 is 9.47 Å². The van der Waals surface area contributed by atoms with Crippen molar-refractivity contribution < 1.29 is 9.47 Å². The summed E-state index contributed by atoms with van der Waals surface area (Å²) < 4.78 is 12.2. The molecule has 0 bridgehead atoms. The highest BCUT2D eigenvalue weighted by atomic mass is 16.7. The van der Waals surface area contributed by atoms with Crippen molar-refractivity contribution in [2.75, 3.05) is 0 Å². The topological polar surface area (TPSA) is 18.5 Å². The second-order valence-electron chi connectivity index (χ2n) is 6.12. The first-order valence-electron chi connectivity index (χ1n) is 7.74. The number of ether oxygens (including phenoxy) is 2. The van der Waals surface area contributed by atoms with Gasteiger partial charge in [0.25, 0.3) is 0 Å². The predicted octanol–water partition coefficient (Wildman–Crippen LogP) is 4.36. The molecule has 2 nitrogen and oxygen atoms in total. The second-order valence-corrected chi connectivity index (χ2v) is 6.12. The van der Waals surface area contributed by atoms with Crippen LogP contribution >= 0.6 is 0 Å². The summed E-state index contributed by atoms with van der Waals surface area (Å²) in [6.07, 6.45) is 8.42. The summed E-state index contributed by atoms with van der Waals surface area (Å²) in [6.45, 7) is 2.92. The Morgan fingerprint density at radius 1 is 1.24 bits per heavy atom. The molecule has 1 aromatic rings. The van der Waals surface area contributed by atoms with Crippen LogP contribution in [-0.4, -0.2) is 6.29 Å². The largest absolute Gasteiger partial charge is 0.465 e. The van der Waals surface area contributed by atoms with E-state index in [0.717, 1.165) is 18.6 Å². The fourth-order valence-electron chi connectivity index (χ4n) is 3.63. The van der Waals surface area contributed by atoms with Crippen LogP contribution in [0.2, 0.25) is 0 Å². The van der Waals surface area contributed by atoms with Crippen LogP contribution < -0.4 is 0 Å². The quantitative estimate of drug-likeness (QED) is 0.766. The molecular formula is C19H20O2. The molecule has 0 fully saturated rings. The predicted molar refractivity (Wildman–Crippen MR) is 82.2 cm³/mol. The van der Waals surface area contributed by atoms with Crippen LogP contribution in [0.5, 0.6) is 0 Å². The highest BCUT2D eigenvalue weighted by Gasteiger charge is 2.43. The number of hydrogen-bond donors (Lipinski definition) is 0. The van der Waals surface area contributed by atoms with E-state index in [-0.39, 0.29) is 6.29 Å². The average Bonchev–Trinajstić information content (AvgIpc) is 2.52. The maximum atomic E-state index is 6.12. The molecule has 2 heteroatoms. The van der Waals surface area contributed by atoms with E-state index in [1.807, 2.05) is 18.2 Å². The van der Waals surface area contributed by atoms with Crippen molar-refractivity contribution in [3.63, 3.8) is 0 Å². The zero-order valence-corrected chi connectivity index (χ0v) is 12.3. The minimum absolute atomic E-state index is 0.189. The van der Waals surface area contributed by atoms with Gasteiger partial charge in [-0.25, -0.2) is 0 Å². The van der Waals surface area contributed by atoms with E-state index < -0.39 is 0 Å². The maximum absolute atomic E-state index is 6.12. The van der Waals surface area contributed by atoms with Crippen LogP contribution in [0.15, 0.2) is 65.5 Å². The van der Waals surface area contributed by atoms with Crippen LogP contribution in [0.4, 0.5) is 0 Å². The SMILES string of the molecule is CC1CC2=C1C1CC=CC=C1OC2OCc1ccccc1. The van der Waals surface area contributed by atoms with E-state index in [0.29, 0.717) is 18.4 Å². The van der Waals surface area contributed by atoms with Crippen molar-refractivity contribution in [2.24, 2.45) is 11.8 Å². The number of rotatable bonds is 3. The van der Waals surface area contributed by atoms with Crippen LogP contribution in [0, 0.1) is 11.8 Å². The smallest absolute Gasteiger partial charge is 0.222 e. The van der Waals surface area contributed by atoms with Crippen molar-refractivity contribution >= 4 is 0 Å². The number of allylic oxidation sites excluding steroid dienone is 4. The van der Waals surface area contributed by atoms with E-state index in [4.69, 9.17) is 9.47 Å². The molecule has 1 heterocycles. The zero-order chi connectivity index (χ0) is 14.2. The highest BCUT2D eigenvalue weighted by Crippen LogP contribution is 2.50. The van der Waals surface area contributed by atoms with E-state index in [1.165, 1.54) is 11.1 Å². The maximum Gasteiger partial charge on any atom is 0.222 e. The standard InChI is InChI=1S/C19H20O2/c1-13-11-16-18(13)15-9-5-6-10-17(15)21-19(16)20-12-14-7-3-2-4-8-14/h2-8,10,13,15,19H,9,11-12H2,1H3. The number of fused-ring (bicyclic) bond motifs is 2. The zero-order valence-electron chi connectivity index (χ0n) is 12.3. The lowest BCUT2D eigenvalue weighted by Crippen LogP contribution is -2.39. The Balaban J connectivity index is 1.54. The van der Waals surface area contributed by atoms with Gasteiger partial charge >= 0.3 is 0 Å². The van der Waals surface area contributed by atoms with Gasteiger partial charge in [0.1, 0.15) is 5.76 Å². The molecule has 0 aromatic heterocycles. The van der Waals surface area contributed by atoms with Crippen LogP contribution in [-0.2, 0) is 16.1 Å². The Morgan fingerprint density at radius 2 is 2.10 bits per heavy atom. The van der Waals surface area contributed by atoms with Crippen molar-refractivity contribution in [3.05, 3.63) is 71.0 Å². The van der Waals surface area contributed by atoms with Gasteiger partial charge in [-0.2, -0.15) is 0 Å². The third kappa shape index (κ3) is 2.24. The Bertz CT molecular complexity index is 624. The van der Waals surface area contributed by atoms with Crippen LogP contribution in [0.3, 0.4) is 0 Å². The minimum atomic E-state index is -0.189. The highest BCUT2D eigenvalue weighted by molar-refractivity contribution is 5.41. The van der Waals surface area contributed by atoms with E-state index in [2.05, 4.69) is 37.3 Å². The average molecular weight is 280 g/mol. The molecule has 1 aromatic carbocycles. The molecule has 0 N–H and O–H groups in total. The molecule has 0 spiro atoms. The van der Waals surface area contributed by atoms with Gasteiger partial charge in [-0.1, -0.05) is 55.0 Å². The molecule has 2 aliphatic carbocycles. The van der Waals surface area contributed by atoms with Gasteiger partial charge in [0.2, 0.25) is 6.29 Å². The fraction of sp³-hybridized carbons (Fsp3) is 0.368. The monoisotopic (exact) mass is 280 g/mol. The lowest BCUT2D eigenvalue weighted by Gasteiger charge is -2.45. The van der Waals surface area contributed by atoms with Gasteiger partial charge in [0.15, 0.2) is 0 Å². The molecule has 0 amide bonds. The molecule has 3 atom stereocenters. The molecule has 1 aliphatic heterocycles. The molecule has 4 rings (SSSR count). The molecule has 108 valence electrons. The summed E-state index contributed by atoms with van der Waals surface area (Å²) >= 11 is 0. The molecule has 3 unspecified atom stereocenters. The molecular weight excluding hydrogens is 260 g/mol. The summed E-state index contributed by atoms with van der Waals surface area (Å²) in [4.78, 5) is 0. The van der Waals surface area contributed by atoms with E-state index in [9.17, 15) is 0 Å². The Labute approximate surface area is 125 Å². The summed E-state index contributed by atoms with van der Waals surface area (Å²) in [7, 11) is 0. The Hall–Kier alpha value is -1.80. The van der Waals surface area contributed by atoms with Gasteiger partial charge in [0, 0.05) is 5.92 Å². The van der Waals surface area contributed by atoms with Gasteiger partial charge in [-0.05, 0) is 36.0 Å². The van der Waals surface area contributed by atoms with Crippen LogP contribution in [0.25, 0.3) is 0 Å². The minimum Gasteiger partial charge on any atom is -0.465 e. The summed E-state index contributed by atoms with van der Waals surface area (Å²) in [5, 5.41) is 0. The molecule has 0 radical (unpaired) electrons. The number of benzene rings is 1. The third-order valence-corrected chi connectivity index (χ3v) is 4.69. The van der Waals surface area contributed by atoms with E-state index >= 15 is 0 Å². The number of hydrogen-bond acceptors (Lipinski definition) is 2. The third-order valence-electron chi connectivity index (χ3n) is 4.69. The molecule has 21 heavy (non-hydrogen) atoms. The Morgan fingerprint density at radius 3 is 2.90 bits per heavy atom. The van der Waals surface area contributed by atoms with Crippen molar-refractivity contribution in [1.82, 2.24) is 0 Å². The van der Waals surface area contributed by atoms with Gasteiger partial charge in [-0.15, -0.1) is 0 Å². The fourth-order valence-corrected chi connectivity index (χ4v) is 3.63. The van der Waals surface area contributed by atoms with Gasteiger partial charge in [-0.3, -0.25) is 0 Å². The summed E-state index contributed by atoms with van der Waals surface area (Å²) in [6, 6.07) is 10.3. The lowest BCUT2D eigenvalue weighted by atomic mass is 9.68. The van der Waals surface area contributed by atoms with Crippen molar-refractivity contribution in [3.8, 4) is 0 Å². The summed E-state index contributed by atoms with van der Waals surface area (Å²) in [5.41, 5.74) is 4.14. The Kier molecular flexibility index (Phi) is 3.19. The van der Waals surface area contributed by atoms with E-state index in [1.54, 1.807) is 5.57 Å². The van der Waals surface area contributed by atoms with Gasteiger partial charge in [0.05, 0.1) is 6.61 Å². The molecule has 0 saturated heterocycles. The first-order chi connectivity index (χ1) is 10.3.